The smallest absolute Gasteiger partial charge is 0.251 e. The van der Waals surface area contributed by atoms with Crippen LogP contribution in [0.1, 0.15) is 34.8 Å². The third-order valence-electron chi connectivity index (χ3n) is 5.39. The van der Waals surface area contributed by atoms with Gasteiger partial charge < -0.3 is 10.3 Å². The van der Waals surface area contributed by atoms with E-state index in [9.17, 15) is 14.4 Å². The fourth-order valence-corrected chi connectivity index (χ4v) is 3.79. The summed E-state index contributed by atoms with van der Waals surface area (Å²) < 4.78 is 0. The van der Waals surface area contributed by atoms with Gasteiger partial charge in [0.2, 0.25) is 5.91 Å². The zero-order valence-electron chi connectivity index (χ0n) is 16.5. The van der Waals surface area contributed by atoms with Crippen molar-refractivity contribution in [3.8, 4) is 0 Å². The number of nitrogens with zero attached hydrogens (tertiary/aromatic N) is 1. The van der Waals surface area contributed by atoms with Crippen molar-refractivity contribution in [2.24, 2.45) is 0 Å². The van der Waals surface area contributed by atoms with Gasteiger partial charge in [0.05, 0.1) is 18.2 Å². The summed E-state index contributed by atoms with van der Waals surface area (Å²) in [5, 5.41) is 4.42. The van der Waals surface area contributed by atoms with Crippen molar-refractivity contribution in [1.82, 2.24) is 10.3 Å². The molecule has 0 bridgehead atoms. The van der Waals surface area contributed by atoms with Crippen molar-refractivity contribution >= 4 is 34.2 Å². The highest BCUT2D eigenvalue weighted by molar-refractivity contribution is 6.22. The first-order chi connectivity index (χ1) is 13.9. The molecule has 2 N–H and O–H groups in total. The zero-order chi connectivity index (χ0) is 20.5. The molecule has 2 aromatic carbocycles. The third-order valence-corrected chi connectivity index (χ3v) is 5.39. The molecule has 0 aliphatic carbocycles. The van der Waals surface area contributed by atoms with Crippen molar-refractivity contribution < 1.29 is 14.4 Å². The minimum absolute atomic E-state index is 0.0531. The standard InChI is InChI=1S/C23H23N3O3/c1-14-3-8-20-19(11-14)17(13-25-20)9-10-24-21-12-22(28)26(23(21)29)18-6-4-16(5-7-18)15(2)27/h3-8,11,13,21,24-25H,9-10,12H2,1-2H3. The molecule has 6 nitrogen and oxygen atoms in total. The number of ketones is 1. The summed E-state index contributed by atoms with van der Waals surface area (Å²) in [6.07, 6.45) is 2.89. The lowest BCUT2D eigenvalue weighted by Crippen LogP contribution is -2.39. The number of amides is 2. The molecule has 0 spiro atoms. The summed E-state index contributed by atoms with van der Waals surface area (Å²) in [5.41, 5.74) is 4.54. The van der Waals surface area contributed by atoms with Gasteiger partial charge in [-0.1, -0.05) is 11.6 Å². The van der Waals surface area contributed by atoms with Gasteiger partial charge in [-0.25, -0.2) is 4.90 Å². The highest BCUT2D eigenvalue weighted by atomic mass is 16.2. The van der Waals surface area contributed by atoms with Crippen molar-refractivity contribution in [2.45, 2.75) is 32.7 Å². The molecule has 3 aromatic rings. The van der Waals surface area contributed by atoms with Gasteiger partial charge in [0.15, 0.2) is 5.78 Å². The van der Waals surface area contributed by atoms with E-state index in [0.29, 0.717) is 17.8 Å². The normalized spacial score (nSPS) is 16.8. The summed E-state index contributed by atoms with van der Waals surface area (Å²) in [6, 6.07) is 12.3. The Hall–Kier alpha value is -3.25. The van der Waals surface area contributed by atoms with Crippen LogP contribution in [-0.2, 0) is 16.0 Å². The van der Waals surface area contributed by atoms with Gasteiger partial charge in [-0.05, 0) is 62.2 Å². The minimum atomic E-state index is -0.526. The fraction of sp³-hybridized carbons (Fsp3) is 0.261. The Kier molecular flexibility index (Phi) is 5.03. The van der Waals surface area contributed by atoms with Crippen LogP contribution >= 0.6 is 0 Å². The monoisotopic (exact) mass is 389 g/mol. The SMILES string of the molecule is CC(=O)c1ccc(N2C(=O)CC(NCCc3c[nH]c4ccc(C)cc34)C2=O)cc1. The van der Waals surface area contributed by atoms with Gasteiger partial charge in [0.1, 0.15) is 0 Å². The predicted octanol–water partition coefficient (Wildman–Crippen LogP) is 3.14. The van der Waals surface area contributed by atoms with Gasteiger partial charge in [-0.15, -0.1) is 0 Å². The molecule has 1 aliphatic rings. The number of fused-ring (bicyclic) bond motifs is 1. The van der Waals surface area contributed by atoms with Crippen LogP contribution in [0.4, 0.5) is 5.69 Å². The number of aromatic amines is 1. The number of carbonyl (C=O) groups is 3. The average Bonchev–Trinajstić information content (AvgIpc) is 3.22. The number of aromatic nitrogens is 1. The Morgan fingerprint density at radius 3 is 2.66 bits per heavy atom. The second-order valence-electron chi connectivity index (χ2n) is 7.49. The Labute approximate surface area is 168 Å². The molecule has 1 unspecified atom stereocenters. The van der Waals surface area contributed by atoms with Crippen LogP contribution in [0.5, 0.6) is 0 Å². The topological polar surface area (TPSA) is 82.3 Å². The quantitative estimate of drug-likeness (QED) is 0.501. The first-order valence-corrected chi connectivity index (χ1v) is 9.72. The number of aryl methyl sites for hydroxylation is 1. The Morgan fingerprint density at radius 2 is 1.93 bits per heavy atom. The minimum Gasteiger partial charge on any atom is -0.361 e. The van der Waals surface area contributed by atoms with E-state index in [1.165, 1.54) is 28.3 Å². The van der Waals surface area contributed by atoms with Crippen LogP contribution in [0, 0.1) is 6.92 Å². The van der Waals surface area contributed by atoms with Crippen molar-refractivity contribution in [1.29, 1.82) is 0 Å². The Morgan fingerprint density at radius 1 is 1.17 bits per heavy atom. The van der Waals surface area contributed by atoms with Gasteiger partial charge in [0, 0.05) is 29.2 Å². The van der Waals surface area contributed by atoms with E-state index in [0.717, 1.165) is 11.9 Å². The van der Waals surface area contributed by atoms with E-state index >= 15 is 0 Å². The second kappa shape index (κ2) is 7.64. The summed E-state index contributed by atoms with van der Waals surface area (Å²) in [6.45, 7) is 4.15. The van der Waals surface area contributed by atoms with Gasteiger partial charge in [-0.3, -0.25) is 14.4 Å². The Bertz CT molecular complexity index is 1100. The number of hydrogen-bond donors (Lipinski definition) is 2. The number of carbonyl (C=O) groups excluding carboxylic acids is 3. The molecule has 4 rings (SSSR count). The van der Waals surface area contributed by atoms with Gasteiger partial charge >= 0.3 is 0 Å². The first kappa shape index (κ1) is 19.1. The maximum absolute atomic E-state index is 12.8. The van der Waals surface area contributed by atoms with E-state index in [1.54, 1.807) is 24.3 Å². The zero-order valence-corrected chi connectivity index (χ0v) is 16.5. The fourth-order valence-electron chi connectivity index (χ4n) is 3.79. The van der Waals surface area contributed by atoms with Crippen LogP contribution in [-0.4, -0.2) is 35.2 Å². The number of imide groups is 1. The van der Waals surface area contributed by atoms with Gasteiger partial charge in [0.25, 0.3) is 5.91 Å². The number of benzene rings is 2. The molecule has 1 aliphatic heterocycles. The average molecular weight is 389 g/mol. The number of H-pyrrole nitrogens is 1. The largest absolute Gasteiger partial charge is 0.361 e. The van der Waals surface area contributed by atoms with E-state index in [2.05, 4.69) is 35.4 Å². The number of nitrogens with one attached hydrogen (secondary N) is 2. The maximum Gasteiger partial charge on any atom is 0.251 e. The lowest BCUT2D eigenvalue weighted by molar-refractivity contribution is -0.121. The number of rotatable bonds is 6. The molecule has 29 heavy (non-hydrogen) atoms. The molecule has 0 radical (unpaired) electrons. The maximum atomic E-state index is 12.8. The summed E-state index contributed by atoms with van der Waals surface area (Å²) in [4.78, 5) is 41.1. The van der Waals surface area contributed by atoms with Crippen molar-refractivity contribution in [3.63, 3.8) is 0 Å². The number of Topliss-reactive ketones (excluding diaryl/α,β-unsaturated/α-hetero) is 1. The summed E-state index contributed by atoms with van der Waals surface area (Å²) in [5.74, 6) is -0.534. The van der Waals surface area contributed by atoms with E-state index < -0.39 is 6.04 Å². The number of hydrogen-bond acceptors (Lipinski definition) is 4. The molecule has 148 valence electrons. The second-order valence-corrected chi connectivity index (χ2v) is 7.49. The molecular formula is C23H23N3O3. The molecule has 1 aromatic heterocycles. The van der Waals surface area contributed by atoms with Crippen LogP contribution in [0.2, 0.25) is 0 Å². The van der Waals surface area contributed by atoms with Crippen molar-refractivity contribution in [2.75, 3.05) is 11.4 Å². The highest BCUT2D eigenvalue weighted by Crippen LogP contribution is 2.24. The molecule has 6 heteroatoms. The van der Waals surface area contributed by atoms with E-state index in [1.807, 2.05) is 6.20 Å². The summed E-state index contributed by atoms with van der Waals surface area (Å²) in [7, 11) is 0. The molecule has 1 fully saturated rings. The molecule has 2 heterocycles. The molecule has 1 saturated heterocycles. The van der Waals surface area contributed by atoms with E-state index in [-0.39, 0.29) is 24.0 Å². The van der Waals surface area contributed by atoms with Crippen LogP contribution in [0.15, 0.2) is 48.7 Å². The number of anilines is 1. The lowest BCUT2D eigenvalue weighted by atomic mass is 10.1. The Balaban J connectivity index is 1.41. The summed E-state index contributed by atoms with van der Waals surface area (Å²) >= 11 is 0. The molecule has 0 saturated carbocycles. The molecular weight excluding hydrogens is 366 g/mol. The van der Waals surface area contributed by atoms with Gasteiger partial charge in [-0.2, -0.15) is 0 Å². The third kappa shape index (κ3) is 3.71. The first-order valence-electron chi connectivity index (χ1n) is 9.72. The lowest BCUT2D eigenvalue weighted by Gasteiger charge is -2.16. The predicted molar refractivity (Wildman–Crippen MR) is 112 cm³/mol. The van der Waals surface area contributed by atoms with Crippen LogP contribution in [0.3, 0.4) is 0 Å². The molecule has 1 atom stereocenters. The van der Waals surface area contributed by atoms with E-state index in [4.69, 9.17) is 0 Å². The van der Waals surface area contributed by atoms with Crippen LogP contribution < -0.4 is 10.2 Å². The molecule has 2 amide bonds. The van der Waals surface area contributed by atoms with Crippen LogP contribution in [0.25, 0.3) is 10.9 Å². The highest BCUT2D eigenvalue weighted by Gasteiger charge is 2.39. The van der Waals surface area contributed by atoms with Crippen molar-refractivity contribution in [3.05, 3.63) is 65.4 Å².